The lowest BCUT2D eigenvalue weighted by atomic mass is 9.99. The van der Waals surface area contributed by atoms with Crippen molar-refractivity contribution in [2.45, 2.75) is 27.7 Å². The number of para-hydroxylation sites is 1. The van der Waals surface area contributed by atoms with Crippen LogP contribution in [-0.4, -0.2) is 24.9 Å². The van der Waals surface area contributed by atoms with E-state index in [-0.39, 0.29) is 17.0 Å². The highest BCUT2D eigenvalue weighted by molar-refractivity contribution is 6.46. The van der Waals surface area contributed by atoms with Crippen molar-refractivity contribution >= 4 is 34.4 Å². The Hall–Kier alpha value is -3.93. The van der Waals surface area contributed by atoms with Gasteiger partial charge in [-0.15, -0.1) is 0 Å². The first-order valence-corrected chi connectivity index (χ1v) is 11.4. The summed E-state index contributed by atoms with van der Waals surface area (Å²) in [6, 6.07) is 19.1. The Bertz CT molecular complexity index is 1280. The molecule has 0 radical (unpaired) electrons. The number of rotatable bonds is 7. The van der Waals surface area contributed by atoms with Crippen LogP contribution in [-0.2, 0) is 9.59 Å². The molecule has 1 aliphatic rings. The maximum absolute atomic E-state index is 14.6. The molecule has 0 saturated carbocycles. The smallest absolute Gasteiger partial charge is 0.282 e. The van der Waals surface area contributed by atoms with Gasteiger partial charge in [-0.05, 0) is 80.8 Å². The number of carbonyl (C=O) groups is 2. The van der Waals surface area contributed by atoms with Gasteiger partial charge in [0.25, 0.3) is 11.8 Å². The van der Waals surface area contributed by atoms with Gasteiger partial charge in [-0.1, -0.05) is 30.3 Å². The molecular formula is C28H28FN3O2. The van der Waals surface area contributed by atoms with Crippen molar-refractivity contribution in [1.29, 1.82) is 0 Å². The monoisotopic (exact) mass is 457 g/mol. The summed E-state index contributed by atoms with van der Waals surface area (Å²) in [5.41, 5.74) is 4.72. The normalized spacial score (nSPS) is 13.6. The molecule has 0 atom stereocenters. The molecule has 6 heteroatoms. The number of hydrogen-bond acceptors (Lipinski definition) is 4. The van der Waals surface area contributed by atoms with Crippen molar-refractivity contribution in [3.8, 4) is 0 Å². The number of benzene rings is 3. The largest absolute Gasteiger partial charge is 0.372 e. The Balaban J connectivity index is 1.78. The molecule has 0 saturated heterocycles. The zero-order valence-corrected chi connectivity index (χ0v) is 19.9. The van der Waals surface area contributed by atoms with Crippen LogP contribution < -0.4 is 15.1 Å². The van der Waals surface area contributed by atoms with Crippen LogP contribution in [0.5, 0.6) is 0 Å². The quantitative estimate of drug-likeness (QED) is 0.464. The second-order valence-corrected chi connectivity index (χ2v) is 8.29. The molecular weight excluding hydrogens is 429 g/mol. The van der Waals surface area contributed by atoms with Gasteiger partial charge in [0.2, 0.25) is 0 Å². The van der Waals surface area contributed by atoms with Gasteiger partial charge in [0.15, 0.2) is 0 Å². The molecule has 4 rings (SSSR count). The number of aryl methyl sites for hydroxylation is 2. The SMILES string of the molecule is CCN(CC)c1ccc(NC2=C(c3ccc(C)c(C)c3)C(=O)N(c3ccccc3F)C2=O)cc1. The summed E-state index contributed by atoms with van der Waals surface area (Å²) in [5.74, 6) is -1.77. The molecule has 1 heterocycles. The van der Waals surface area contributed by atoms with Crippen molar-refractivity contribution in [3.63, 3.8) is 0 Å². The minimum Gasteiger partial charge on any atom is -0.372 e. The number of carbonyl (C=O) groups excluding carboxylic acids is 2. The molecule has 0 fully saturated rings. The first kappa shape index (κ1) is 23.2. The second kappa shape index (κ2) is 9.51. The number of imide groups is 1. The molecule has 174 valence electrons. The van der Waals surface area contributed by atoms with E-state index in [1.807, 2.05) is 56.3 Å². The first-order valence-electron chi connectivity index (χ1n) is 11.4. The predicted molar refractivity (Wildman–Crippen MR) is 135 cm³/mol. The van der Waals surface area contributed by atoms with Crippen LogP contribution in [0.1, 0.15) is 30.5 Å². The highest BCUT2D eigenvalue weighted by Gasteiger charge is 2.41. The van der Waals surface area contributed by atoms with Crippen LogP contribution in [0.15, 0.2) is 72.4 Å². The summed E-state index contributed by atoms with van der Waals surface area (Å²) in [6.07, 6.45) is 0. The summed E-state index contributed by atoms with van der Waals surface area (Å²) in [7, 11) is 0. The van der Waals surface area contributed by atoms with Crippen LogP contribution in [0.4, 0.5) is 21.5 Å². The molecule has 3 aromatic rings. The highest BCUT2D eigenvalue weighted by atomic mass is 19.1. The van der Waals surface area contributed by atoms with Crippen molar-refractivity contribution in [2.24, 2.45) is 0 Å². The molecule has 1 aliphatic heterocycles. The minimum atomic E-state index is -0.631. The Morgan fingerprint density at radius 2 is 1.53 bits per heavy atom. The van der Waals surface area contributed by atoms with Gasteiger partial charge in [0, 0.05) is 24.5 Å². The van der Waals surface area contributed by atoms with Gasteiger partial charge in [0.05, 0.1) is 11.3 Å². The number of hydrogen-bond donors (Lipinski definition) is 1. The van der Waals surface area contributed by atoms with Gasteiger partial charge in [0.1, 0.15) is 11.5 Å². The van der Waals surface area contributed by atoms with Crippen molar-refractivity contribution in [3.05, 3.63) is 94.9 Å². The van der Waals surface area contributed by atoms with Gasteiger partial charge in [-0.3, -0.25) is 9.59 Å². The third-order valence-electron chi connectivity index (χ3n) is 6.24. The zero-order valence-electron chi connectivity index (χ0n) is 19.9. The fraction of sp³-hybridized carbons (Fsp3) is 0.214. The molecule has 3 aromatic carbocycles. The highest BCUT2D eigenvalue weighted by Crippen LogP contribution is 2.35. The topological polar surface area (TPSA) is 52.7 Å². The van der Waals surface area contributed by atoms with E-state index >= 15 is 0 Å². The lowest BCUT2D eigenvalue weighted by Crippen LogP contribution is -2.33. The van der Waals surface area contributed by atoms with E-state index in [0.29, 0.717) is 11.3 Å². The first-order chi connectivity index (χ1) is 16.3. The fourth-order valence-corrected chi connectivity index (χ4v) is 4.15. The average molecular weight is 458 g/mol. The maximum atomic E-state index is 14.6. The van der Waals surface area contributed by atoms with E-state index in [1.165, 1.54) is 18.2 Å². The fourth-order valence-electron chi connectivity index (χ4n) is 4.15. The van der Waals surface area contributed by atoms with Gasteiger partial charge >= 0.3 is 0 Å². The maximum Gasteiger partial charge on any atom is 0.282 e. The Labute approximate surface area is 199 Å². The average Bonchev–Trinajstić information content (AvgIpc) is 3.07. The molecule has 0 unspecified atom stereocenters. The van der Waals surface area contributed by atoms with Crippen LogP contribution in [0.25, 0.3) is 5.57 Å². The molecule has 0 aliphatic carbocycles. The molecule has 0 aromatic heterocycles. The van der Waals surface area contributed by atoms with Gasteiger partial charge in [-0.25, -0.2) is 9.29 Å². The Kier molecular flexibility index (Phi) is 6.50. The minimum absolute atomic E-state index is 0.0625. The van der Waals surface area contributed by atoms with Crippen LogP contribution in [0.2, 0.25) is 0 Å². The lowest BCUT2D eigenvalue weighted by Gasteiger charge is -2.21. The molecule has 5 nitrogen and oxygen atoms in total. The molecule has 0 bridgehead atoms. The molecule has 1 N–H and O–H groups in total. The molecule has 34 heavy (non-hydrogen) atoms. The van der Waals surface area contributed by atoms with E-state index in [2.05, 4.69) is 24.1 Å². The van der Waals surface area contributed by atoms with E-state index in [0.717, 1.165) is 34.8 Å². The lowest BCUT2D eigenvalue weighted by molar-refractivity contribution is -0.120. The van der Waals surface area contributed by atoms with E-state index in [4.69, 9.17) is 0 Å². The van der Waals surface area contributed by atoms with Crippen LogP contribution in [0.3, 0.4) is 0 Å². The van der Waals surface area contributed by atoms with E-state index < -0.39 is 17.6 Å². The predicted octanol–water partition coefficient (Wildman–Crippen LogP) is 5.69. The number of nitrogens with zero attached hydrogens (tertiary/aromatic N) is 2. The van der Waals surface area contributed by atoms with Crippen molar-refractivity contribution < 1.29 is 14.0 Å². The van der Waals surface area contributed by atoms with Crippen molar-refractivity contribution in [1.82, 2.24) is 0 Å². The number of halogens is 1. The summed E-state index contributed by atoms with van der Waals surface area (Å²) >= 11 is 0. The zero-order chi connectivity index (χ0) is 24.4. The third-order valence-corrected chi connectivity index (χ3v) is 6.24. The van der Waals surface area contributed by atoms with E-state index in [1.54, 1.807) is 6.07 Å². The Morgan fingerprint density at radius 3 is 2.15 bits per heavy atom. The summed E-state index contributed by atoms with van der Waals surface area (Å²) in [5, 5.41) is 3.15. The van der Waals surface area contributed by atoms with Crippen LogP contribution >= 0.6 is 0 Å². The number of anilines is 3. The second-order valence-electron chi connectivity index (χ2n) is 8.29. The molecule has 0 spiro atoms. The summed E-state index contributed by atoms with van der Waals surface area (Å²) in [6.45, 7) is 9.89. The van der Waals surface area contributed by atoms with E-state index in [9.17, 15) is 14.0 Å². The summed E-state index contributed by atoms with van der Waals surface area (Å²) < 4.78 is 14.6. The summed E-state index contributed by atoms with van der Waals surface area (Å²) in [4.78, 5) is 30.1. The van der Waals surface area contributed by atoms with Gasteiger partial charge in [-0.2, -0.15) is 0 Å². The van der Waals surface area contributed by atoms with Crippen LogP contribution in [0, 0.1) is 19.7 Å². The number of nitrogens with one attached hydrogen (secondary N) is 1. The molecule has 2 amide bonds. The number of amides is 2. The Morgan fingerprint density at radius 1 is 0.853 bits per heavy atom. The standard InChI is InChI=1S/C28H28FN3O2/c1-5-31(6-2)22-15-13-21(14-16-22)30-26-25(20-12-11-18(3)19(4)17-20)27(33)32(28(26)34)24-10-8-7-9-23(24)29/h7-17,30H,5-6H2,1-4H3. The van der Waals surface area contributed by atoms with Gasteiger partial charge < -0.3 is 10.2 Å². The van der Waals surface area contributed by atoms with Crippen molar-refractivity contribution in [2.75, 3.05) is 28.2 Å². The third kappa shape index (κ3) is 4.19.